The van der Waals surface area contributed by atoms with E-state index in [-0.39, 0.29) is 26.6 Å². The van der Waals surface area contributed by atoms with Gasteiger partial charge in [0, 0.05) is 28.0 Å². The molecule has 0 aliphatic carbocycles. The highest BCUT2D eigenvalue weighted by Gasteiger charge is 2.62. The number of carboxylic acid groups (broad SMARTS) is 1. The first-order chi connectivity index (χ1) is 15.1. The summed E-state index contributed by atoms with van der Waals surface area (Å²) in [5.41, 5.74) is -2.19. The average Bonchev–Trinajstić information content (AvgIpc) is 3.03. The van der Waals surface area contributed by atoms with Gasteiger partial charge in [0.15, 0.2) is 0 Å². The molecule has 2 heterocycles. The first kappa shape index (κ1) is 22.9. The van der Waals surface area contributed by atoms with E-state index >= 15 is 8.78 Å². The van der Waals surface area contributed by atoms with Gasteiger partial charge in [-0.15, -0.1) is 0 Å². The van der Waals surface area contributed by atoms with Crippen molar-refractivity contribution in [1.29, 1.82) is 5.26 Å². The van der Waals surface area contributed by atoms with Crippen LogP contribution in [0.2, 0.25) is 10.0 Å². The highest BCUT2D eigenvalue weighted by molar-refractivity contribution is 6.31. The fraction of sp³-hybridized carbons (Fsp3) is 0.391. The lowest BCUT2D eigenvalue weighted by Gasteiger charge is -2.43. The third-order valence-corrected chi connectivity index (χ3v) is 7.02. The van der Waals surface area contributed by atoms with Crippen LogP contribution in [0, 0.1) is 28.4 Å². The molecule has 2 aromatic rings. The van der Waals surface area contributed by atoms with Gasteiger partial charge in [-0.1, -0.05) is 48.3 Å². The molecule has 0 unspecified atom stereocenters. The van der Waals surface area contributed by atoms with Gasteiger partial charge in [-0.25, -0.2) is 8.78 Å². The first-order valence-corrected chi connectivity index (χ1v) is 10.8. The SMILES string of the molecule is CC1(C[C@@H]2N[C@@H](C(=O)O)[C@H](c3cccc(Cl)c3F)[C@@]2(C#N)c2ccc(Cl)cc2F)COC1. The van der Waals surface area contributed by atoms with Gasteiger partial charge in [0.05, 0.1) is 24.3 Å². The summed E-state index contributed by atoms with van der Waals surface area (Å²) >= 11 is 11.9. The molecule has 2 fully saturated rings. The molecule has 2 aromatic carbocycles. The maximum atomic E-state index is 15.3. The first-order valence-electron chi connectivity index (χ1n) is 10.0. The third kappa shape index (κ3) is 3.56. The van der Waals surface area contributed by atoms with E-state index in [9.17, 15) is 15.2 Å². The van der Waals surface area contributed by atoms with Crippen LogP contribution in [-0.2, 0) is 14.9 Å². The number of nitrogens with one attached hydrogen (secondary N) is 1. The molecule has 5 nitrogen and oxygen atoms in total. The van der Waals surface area contributed by atoms with E-state index in [1.807, 2.05) is 6.92 Å². The fourth-order valence-corrected chi connectivity index (χ4v) is 5.33. The molecule has 2 aliphatic rings. The summed E-state index contributed by atoms with van der Waals surface area (Å²) in [7, 11) is 0. The Hall–Kier alpha value is -2.24. The van der Waals surface area contributed by atoms with Crippen LogP contribution in [0.3, 0.4) is 0 Å². The number of rotatable bonds is 5. The highest BCUT2D eigenvalue weighted by atomic mass is 35.5. The van der Waals surface area contributed by atoms with Crippen molar-refractivity contribution in [1.82, 2.24) is 5.32 Å². The Morgan fingerprint density at radius 1 is 1.31 bits per heavy atom. The smallest absolute Gasteiger partial charge is 0.321 e. The van der Waals surface area contributed by atoms with Gasteiger partial charge in [-0.2, -0.15) is 5.26 Å². The van der Waals surface area contributed by atoms with Crippen LogP contribution in [0.15, 0.2) is 36.4 Å². The molecule has 0 bridgehead atoms. The average molecular weight is 481 g/mol. The maximum absolute atomic E-state index is 15.3. The molecule has 32 heavy (non-hydrogen) atoms. The van der Waals surface area contributed by atoms with Crippen molar-refractivity contribution in [3.05, 3.63) is 69.2 Å². The van der Waals surface area contributed by atoms with Crippen LogP contribution < -0.4 is 5.32 Å². The molecule has 2 aliphatic heterocycles. The molecule has 0 spiro atoms. The number of carbonyl (C=O) groups is 1. The summed E-state index contributed by atoms with van der Waals surface area (Å²) in [5, 5.41) is 23.5. The van der Waals surface area contributed by atoms with Crippen molar-refractivity contribution in [3.63, 3.8) is 0 Å². The van der Waals surface area contributed by atoms with Crippen LogP contribution in [0.5, 0.6) is 0 Å². The quantitative estimate of drug-likeness (QED) is 0.649. The number of carboxylic acids is 1. The summed E-state index contributed by atoms with van der Waals surface area (Å²) in [5.74, 6) is -4.13. The summed E-state index contributed by atoms with van der Waals surface area (Å²) in [4.78, 5) is 12.3. The largest absolute Gasteiger partial charge is 0.480 e. The van der Waals surface area contributed by atoms with Crippen molar-refractivity contribution in [3.8, 4) is 6.07 Å². The Labute approximate surface area is 193 Å². The number of hydrogen-bond donors (Lipinski definition) is 2. The van der Waals surface area contributed by atoms with Crippen molar-refractivity contribution in [2.45, 2.75) is 36.8 Å². The lowest BCUT2D eigenvalue weighted by atomic mass is 9.62. The van der Waals surface area contributed by atoms with E-state index in [1.54, 1.807) is 0 Å². The number of nitriles is 1. The second-order valence-corrected chi connectivity index (χ2v) is 9.61. The Morgan fingerprint density at radius 2 is 2.03 bits per heavy atom. The molecular formula is C23H20Cl2F2N2O3. The van der Waals surface area contributed by atoms with Crippen LogP contribution in [0.4, 0.5) is 8.78 Å². The molecule has 2 saturated heterocycles. The molecule has 4 rings (SSSR count). The van der Waals surface area contributed by atoms with E-state index in [1.165, 1.54) is 30.3 Å². The normalized spacial score (nSPS) is 28.7. The molecule has 0 amide bonds. The Balaban J connectivity index is 1.99. The molecule has 0 aromatic heterocycles. The number of nitrogens with zero attached hydrogens (tertiary/aromatic N) is 1. The van der Waals surface area contributed by atoms with Gasteiger partial charge in [-0.05, 0) is 30.2 Å². The van der Waals surface area contributed by atoms with E-state index < -0.39 is 41.0 Å². The van der Waals surface area contributed by atoms with Gasteiger partial charge < -0.3 is 9.84 Å². The van der Waals surface area contributed by atoms with Crippen molar-refractivity contribution in [2.24, 2.45) is 5.41 Å². The monoisotopic (exact) mass is 480 g/mol. The lowest BCUT2D eigenvalue weighted by molar-refractivity contribution is -0.139. The summed E-state index contributed by atoms with van der Waals surface area (Å²) < 4.78 is 35.8. The topological polar surface area (TPSA) is 82.4 Å². The number of aliphatic carboxylic acids is 1. The number of halogens is 4. The van der Waals surface area contributed by atoms with Crippen LogP contribution in [-0.4, -0.2) is 36.4 Å². The summed E-state index contributed by atoms with van der Waals surface area (Å²) in [6.45, 7) is 2.79. The van der Waals surface area contributed by atoms with Crippen LogP contribution in [0.1, 0.15) is 30.4 Å². The van der Waals surface area contributed by atoms with E-state index in [4.69, 9.17) is 27.9 Å². The molecule has 9 heteroatoms. The number of hydrogen-bond acceptors (Lipinski definition) is 4. The number of benzene rings is 2. The highest BCUT2D eigenvalue weighted by Crippen LogP contribution is 2.53. The van der Waals surface area contributed by atoms with E-state index in [0.717, 1.165) is 6.07 Å². The second-order valence-electron chi connectivity index (χ2n) is 8.77. The minimum atomic E-state index is -1.75. The summed E-state index contributed by atoms with van der Waals surface area (Å²) in [6, 6.07) is 8.11. The van der Waals surface area contributed by atoms with Crippen molar-refractivity contribution in [2.75, 3.05) is 13.2 Å². The standard InChI is InChI=1S/C23H20Cl2F2N2O3/c1-22(10-32-11-22)8-17-23(9-28,14-6-5-12(24)7-16(14)26)18(20(29-17)21(30)31)13-3-2-4-15(25)19(13)27/h2-7,17-18,20,29H,8,10-11H2,1H3,(H,30,31)/t17-,18-,20+,23-/m0/s1. The van der Waals surface area contributed by atoms with Crippen molar-refractivity contribution < 1.29 is 23.4 Å². The Morgan fingerprint density at radius 3 is 2.59 bits per heavy atom. The second kappa shape index (κ2) is 8.27. The zero-order valence-electron chi connectivity index (χ0n) is 17.0. The third-order valence-electron chi connectivity index (χ3n) is 6.50. The minimum absolute atomic E-state index is 0.0427. The molecule has 0 radical (unpaired) electrons. The predicted octanol–water partition coefficient (Wildman–Crippen LogP) is 4.67. The minimum Gasteiger partial charge on any atom is -0.480 e. The van der Waals surface area contributed by atoms with Gasteiger partial charge in [0.25, 0.3) is 0 Å². The van der Waals surface area contributed by atoms with E-state index in [0.29, 0.717) is 19.6 Å². The zero-order valence-corrected chi connectivity index (χ0v) is 18.6. The maximum Gasteiger partial charge on any atom is 0.321 e. The molecular weight excluding hydrogens is 461 g/mol. The van der Waals surface area contributed by atoms with Gasteiger partial charge in [0.1, 0.15) is 23.1 Å². The molecule has 2 N–H and O–H groups in total. The van der Waals surface area contributed by atoms with Crippen LogP contribution >= 0.6 is 23.2 Å². The van der Waals surface area contributed by atoms with Gasteiger partial charge in [-0.3, -0.25) is 10.1 Å². The number of ether oxygens (including phenoxy) is 1. The summed E-state index contributed by atoms with van der Waals surface area (Å²) in [6.07, 6.45) is 0.324. The fourth-order valence-electron chi connectivity index (χ4n) is 4.99. The molecule has 4 atom stereocenters. The Kier molecular flexibility index (Phi) is 5.93. The predicted molar refractivity (Wildman–Crippen MR) is 115 cm³/mol. The molecule has 168 valence electrons. The van der Waals surface area contributed by atoms with Crippen LogP contribution in [0.25, 0.3) is 0 Å². The van der Waals surface area contributed by atoms with E-state index in [2.05, 4.69) is 11.4 Å². The molecule has 0 saturated carbocycles. The van der Waals surface area contributed by atoms with Gasteiger partial charge in [0.2, 0.25) is 0 Å². The Bertz CT molecular complexity index is 1120. The van der Waals surface area contributed by atoms with Gasteiger partial charge >= 0.3 is 5.97 Å². The zero-order chi connectivity index (χ0) is 23.3. The lowest BCUT2D eigenvalue weighted by Crippen LogP contribution is -2.50. The van der Waals surface area contributed by atoms with Crippen molar-refractivity contribution >= 4 is 29.2 Å².